The van der Waals surface area contributed by atoms with Crippen LogP contribution in [0.25, 0.3) is 0 Å². The first-order valence-electron chi connectivity index (χ1n) is 6.24. The molecular weight excluding hydrogens is 294 g/mol. The summed E-state index contributed by atoms with van der Waals surface area (Å²) in [5.41, 5.74) is -0.709. The van der Waals surface area contributed by atoms with E-state index >= 15 is 0 Å². The number of carbonyl (C=O) groups is 2. The Kier molecular flexibility index (Phi) is 4.36. The zero-order valence-corrected chi connectivity index (χ0v) is 11.5. The number of phenolic OH excluding ortho intramolecular Hbond substituents is 1. The summed E-state index contributed by atoms with van der Waals surface area (Å²) in [7, 11) is 1.34. The normalized spacial score (nSPS) is 10.1. The summed E-state index contributed by atoms with van der Waals surface area (Å²) in [5, 5.41) is 14.1. The van der Waals surface area contributed by atoms with Crippen LogP contribution < -0.4 is 10.6 Å². The molecule has 0 bridgehead atoms. The predicted octanol–water partition coefficient (Wildman–Crippen LogP) is 2.28. The Morgan fingerprint density at radius 3 is 2.41 bits per heavy atom. The number of hydrogen-bond donors (Lipinski definition) is 3. The molecule has 5 nitrogen and oxygen atoms in total. The zero-order chi connectivity index (χ0) is 16.3. The molecule has 0 unspecified atom stereocenters. The molecule has 22 heavy (non-hydrogen) atoms. The average molecular weight is 306 g/mol. The number of aromatic hydroxyl groups is 1. The number of phenols is 1. The van der Waals surface area contributed by atoms with Gasteiger partial charge >= 0.3 is 0 Å². The second-order valence-corrected chi connectivity index (χ2v) is 4.36. The number of anilines is 1. The molecule has 2 amide bonds. The van der Waals surface area contributed by atoms with Crippen molar-refractivity contribution in [3.8, 4) is 5.75 Å². The number of hydrogen-bond acceptors (Lipinski definition) is 3. The number of halogens is 2. The lowest BCUT2D eigenvalue weighted by Crippen LogP contribution is -2.20. The molecule has 0 spiro atoms. The van der Waals surface area contributed by atoms with Gasteiger partial charge in [0.25, 0.3) is 11.8 Å². The van der Waals surface area contributed by atoms with Gasteiger partial charge in [-0.2, -0.15) is 0 Å². The Hall–Kier alpha value is -2.96. The van der Waals surface area contributed by atoms with Crippen LogP contribution >= 0.6 is 0 Å². The third-order valence-corrected chi connectivity index (χ3v) is 2.91. The molecule has 3 N–H and O–H groups in total. The molecule has 7 heteroatoms. The first-order chi connectivity index (χ1) is 10.4. The summed E-state index contributed by atoms with van der Waals surface area (Å²) in [6.07, 6.45) is 0. The monoisotopic (exact) mass is 306 g/mol. The van der Waals surface area contributed by atoms with Crippen molar-refractivity contribution in [1.29, 1.82) is 0 Å². The van der Waals surface area contributed by atoms with E-state index in [-0.39, 0.29) is 11.3 Å². The van der Waals surface area contributed by atoms with Crippen LogP contribution in [0.3, 0.4) is 0 Å². The highest BCUT2D eigenvalue weighted by molar-refractivity contribution is 6.07. The molecule has 0 fully saturated rings. The maximum atomic E-state index is 13.6. The predicted molar refractivity (Wildman–Crippen MR) is 75.8 cm³/mol. The summed E-state index contributed by atoms with van der Waals surface area (Å²) in [4.78, 5) is 23.5. The molecular formula is C15H12F2N2O3. The average Bonchev–Trinajstić information content (AvgIpc) is 2.48. The standard InChI is InChI=1S/C15H12F2N2O3/c1-18-14(21)9-7-8(5-6-10(9)16)19-15(22)13-11(17)3-2-4-12(13)20/h2-7,20H,1H3,(H,18,21)(H,19,22). The van der Waals surface area contributed by atoms with Crippen molar-refractivity contribution >= 4 is 17.5 Å². The fourth-order valence-corrected chi connectivity index (χ4v) is 1.84. The fourth-order valence-electron chi connectivity index (χ4n) is 1.84. The second kappa shape index (κ2) is 6.21. The van der Waals surface area contributed by atoms with Crippen molar-refractivity contribution < 1.29 is 23.5 Å². The van der Waals surface area contributed by atoms with Crippen molar-refractivity contribution in [2.24, 2.45) is 0 Å². The van der Waals surface area contributed by atoms with Gasteiger partial charge in [-0.15, -0.1) is 0 Å². The van der Waals surface area contributed by atoms with Crippen molar-refractivity contribution in [3.63, 3.8) is 0 Å². The van der Waals surface area contributed by atoms with E-state index in [1.54, 1.807) is 0 Å². The molecule has 2 aromatic rings. The summed E-state index contributed by atoms with van der Waals surface area (Å²) in [6.45, 7) is 0. The number of rotatable bonds is 3. The summed E-state index contributed by atoms with van der Waals surface area (Å²) < 4.78 is 27.1. The van der Waals surface area contributed by atoms with E-state index in [4.69, 9.17) is 0 Å². The van der Waals surface area contributed by atoms with Crippen LogP contribution in [0, 0.1) is 11.6 Å². The summed E-state index contributed by atoms with van der Waals surface area (Å²) >= 11 is 0. The Morgan fingerprint density at radius 2 is 1.77 bits per heavy atom. The van der Waals surface area contributed by atoms with Crippen molar-refractivity contribution in [1.82, 2.24) is 5.32 Å². The van der Waals surface area contributed by atoms with Crippen LogP contribution in [0.4, 0.5) is 14.5 Å². The van der Waals surface area contributed by atoms with Gasteiger partial charge in [-0.25, -0.2) is 8.78 Å². The maximum Gasteiger partial charge on any atom is 0.262 e. The molecule has 0 radical (unpaired) electrons. The van der Waals surface area contributed by atoms with Crippen LogP contribution in [0.15, 0.2) is 36.4 Å². The number of benzene rings is 2. The molecule has 2 rings (SSSR count). The second-order valence-electron chi connectivity index (χ2n) is 4.36. The maximum absolute atomic E-state index is 13.6. The van der Waals surface area contributed by atoms with E-state index in [0.29, 0.717) is 0 Å². The molecule has 0 aliphatic carbocycles. The Bertz CT molecular complexity index is 727. The van der Waals surface area contributed by atoms with E-state index in [2.05, 4.69) is 10.6 Å². The molecule has 0 heterocycles. The van der Waals surface area contributed by atoms with E-state index in [1.165, 1.54) is 25.2 Å². The number of carbonyl (C=O) groups excluding carboxylic acids is 2. The molecule has 2 aromatic carbocycles. The van der Waals surface area contributed by atoms with E-state index in [9.17, 15) is 23.5 Å². The minimum atomic E-state index is -0.912. The third kappa shape index (κ3) is 3.03. The molecule has 0 saturated heterocycles. The first kappa shape index (κ1) is 15.4. The van der Waals surface area contributed by atoms with Crippen LogP contribution in [-0.2, 0) is 0 Å². The van der Waals surface area contributed by atoms with Gasteiger partial charge in [0.2, 0.25) is 0 Å². The van der Waals surface area contributed by atoms with Gasteiger partial charge in [-0.1, -0.05) is 6.07 Å². The van der Waals surface area contributed by atoms with Gasteiger partial charge in [-0.05, 0) is 30.3 Å². The van der Waals surface area contributed by atoms with E-state index in [1.807, 2.05) is 0 Å². The van der Waals surface area contributed by atoms with Gasteiger partial charge in [0.1, 0.15) is 22.9 Å². The Labute approximate surface area is 124 Å². The van der Waals surface area contributed by atoms with Crippen molar-refractivity contribution in [2.45, 2.75) is 0 Å². The minimum absolute atomic E-state index is 0.0904. The molecule has 0 aliphatic heterocycles. The van der Waals surface area contributed by atoms with Crippen molar-refractivity contribution in [2.75, 3.05) is 12.4 Å². The van der Waals surface area contributed by atoms with Crippen LogP contribution in [0.1, 0.15) is 20.7 Å². The largest absolute Gasteiger partial charge is 0.507 e. The van der Waals surface area contributed by atoms with Crippen LogP contribution in [0.2, 0.25) is 0 Å². The quantitative estimate of drug-likeness (QED) is 0.814. The fraction of sp³-hybridized carbons (Fsp3) is 0.0667. The van der Waals surface area contributed by atoms with Gasteiger partial charge in [0, 0.05) is 12.7 Å². The molecule has 0 saturated carbocycles. The molecule has 0 aliphatic rings. The SMILES string of the molecule is CNC(=O)c1cc(NC(=O)c2c(O)cccc2F)ccc1F. The topological polar surface area (TPSA) is 78.4 Å². The van der Waals surface area contributed by atoms with Gasteiger partial charge in [0.05, 0.1) is 5.56 Å². The number of amides is 2. The highest BCUT2D eigenvalue weighted by Gasteiger charge is 2.18. The van der Waals surface area contributed by atoms with Gasteiger partial charge in [-0.3, -0.25) is 9.59 Å². The third-order valence-electron chi connectivity index (χ3n) is 2.91. The van der Waals surface area contributed by atoms with Crippen molar-refractivity contribution in [3.05, 3.63) is 59.2 Å². The Balaban J connectivity index is 2.31. The lowest BCUT2D eigenvalue weighted by atomic mass is 10.1. The highest BCUT2D eigenvalue weighted by Crippen LogP contribution is 2.22. The number of nitrogens with one attached hydrogen (secondary N) is 2. The first-order valence-corrected chi connectivity index (χ1v) is 6.24. The van der Waals surface area contributed by atoms with E-state index in [0.717, 1.165) is 18.2 Å². The molecule has 0 aromatic heterocycles. The molecule has 114 valence electrons. The summed E-state index contributed by atoms with van der Waals surface area (Å²) in [5.74, 6) is -3.75. The minimum Gasteiger partial charge on any atom is -0.507 e. The lowest BCUT2D eigenvalue weighted by Gasteiger charge is -2.09. The van der Waals surface area contributed by atoms with Gasteiger partial charge < -0.3 is 15.7 Å². The van der Waals surface area contributed by atoms with Gasteiger partial charge in [0.15, 0.2) is 0 Å². The lowest BCUT2D eigenvalue weighted by molar-refractivity contribution is 0.0957. The smallest absolute Gasteiger partial charge is 0.262 e. The summed E-state index contributed by atoms with van der Waals surface area (Å²) in [6, 6.07) is 6.78. The van der Waals surface area contributed by atoms with Crippen LogP contribution in [-0.4, -0.2) is 24.0 Å². The molecule has 0 atom stereocenters. The Morgan fingerprint density at radius 1 is 1.05 bits per heavy atom. The van der Waals surface area contributed by atoms with Crippen LogP contribution in [0.5, 0.6) is 5.75 Å². The zero-order valence-electron chi connectivity index (χ0n) is 11.5. The van der Waals surface area contributed by atoms with E-state index < -0.39 is 34.8 Å². The highest BCUT2D eigenvalue weighted by atomic mass is 19.1.